The second-order valence-corrected chi connectivity index (χ2v) is 4.70. The summed E-state index contributed by atoms with van der Waals surface area (Å²) in [6.45, 7) is 9.94. The fourth-order valence-corrected chi connectivity index (χ4v) is 2.73. The molecule has 0 aromatic carbocycles. The van der Waals surface area contributed by atoms with Gasteiger partial charge in [-0.05, 0) is 25.3 Å². The molecule has 15 heavy (non-hydrogen) atoms. The van der Waals surface area contributed by atoms with Gasteiger partial charge in [0.15, 0.2) is 0 Å². The molecule has 1 saturated carbocycles. The number of hydrogen-bond donors (Lipinski definition) is 0. The van der Waals surface area contributed by atoms with Crippen LogP contribution >= 0.6 is 11.3 Å². The van der Waals surface area contributed by atoms with Crippen molar-refractivity contribution < 1.29 is 0 Å². The number of hydrogen-bond acceptors (Lipinski definition) is 2. The quantitative estimate of drug-likeness (QED) is 0.697. The largest absolute Gasteiger partial charge is 0.241 e. The molecule has 1 nitrogen and oxygen atoms in total. The summed E-state index contributed by atoms with van der Waals surface area (Å²) in [5, 5.41) is 3.32. The van der Waals surface area contributed by atoms with E-state index in [0.29, 0.717) is 0 Å². The molecular formula is C13H21NS. The molecule has 0 spiro atoms. The van der Waals surface area contributed by atoms with Crippen LogP contribution in [0.2, 0.25) is 0 Å². The average Bonchev–Trinajstić information content (AvgIpc) is 2.91. The van der Waals surface area contributed by atoms with Crippen LogP contribution in [0.1, 0.15) is 63.1 Å². The lowest BCUT2D eigenvalue weighted by atomic mass is 10.1. The highest BCUT2D eigenvalue weighted by Crippen LogP contribution is 2.35. The lowest BCUT2D eigenvalue weighted by Crippen LogP contribution is -1.92. The number of aromatic nitrogens is 1. The Hall–Kier alpha value is -0.630. The first-order valence-corrected chi connectivity index (χ1v) is 6.76. The molecule has 0 aliphatic heterocycles. The van der Waals surface area contributed by atoms with Gasteiger partial charge in [0.2, 0.25) is 0 Å². The molecule has 0 bridgehead atoms. The molecule has 1 aliphatic carbocycles. The third-order valence-corrected chi connectivity index (χ3v) is 3.68. The van der Waals surface area contributed by atoms with Gasteiger partial charge in [0.25, 0.3) is 0 Å². The highest BCUT2D eigenvalue weighted by molar-refractivity contribution is 7.10. The Labute approximate surface area is 97.3 Å². The number of rotatable bonds is 2. The monoisotopic (exact) mass is 223 g/mol. The van der Waals surface area contributed by atoms with Crippen molar-refractivity contribution in [1.82, 2.24) is 4.98 Å². The van der Waals surface area contributed by atoms with Gasteiger partial charge in [-0.3, -0.25) is 0 Å². The van der Waals surface area contributed by atoms with Crippen molar-refractivity contribution in [1.29, 1.82) is 0 Å². The van der Waals surface area contributed by atoms with E-state index in [1.54, 1.807) is 11.3 Å². The summed E-state index contributed by atoms with van der Waals surface area (Å²) in [6.07, 6.45) is 5.42. The molecule has 0 amide bonds. The molecule has 1 aliphatic rings. The summed E-state index contributed by atoms with van der Waals surface area (Å²) < 4.78 is 0. The lowest BCUT2D eigenvalue weighted by Gasteiger charge is -2.02. The van der Waals surface area contributed by atoms with Gasteiger partial charge in [0, 0.05) is 11.3 Å². The van der Waals surface area contributed by atoms with Crippen molar-refractivity contribution >= 4 is 16.9 Å². The van der Waals surface area contributed by atoms with Crippen molar-refractivity contribution in [3.05, 3.63) is 22.7 Å². The summed E-state index contributed by atoms with van der Waals surface area (Å²) in [6, 6.07) is 0. The highest BCUT2D eigenvalue weighted by Gasteiger charge is 2.19. The van der Waals surface area contributed by atoms with Crippen LogP contribution in [-0.4, -0.2) is 4.98 Å². The number of thiazole rings is 1. The van der Waals surface area contributed by atoms with E-state index >= 15 is 0 Å². The van der Waals surface area contributed by atoms with Crippen LogP contribution in [0, 0.1) is 0 Å². The molecule has 0 unspecified atom stereocenters. The SMILES string of the molecule is C=C(C)c1nc(C2CCCC2)cs1.CC. The van der Waals surface area contributed by atoms with Crippen molar-refractivity contribution in [2.24, 2.45) is 0 Å². The van der Waals surface area contributed by atoms with Gasteiger partial charge in [-0.25, -0.2) is 4.98 Å². The van der Waals surface area contributed by atoms with Gasteiger partial charge in [0.05, 0.1) is 5.69 Å². The van der Waals surface area contributed by atoms with E-state index in [4.69, 9.17) is 0 Å². The predicted molar refractivity (Wildman–Crippen MR) is 69.4 cm³/mol. The van der Waals surface area contributed by atoms with Crippen LogP contribution in [0.15, 0.2) is 12.0 Å². The predicted octanol–water partition coefficient (Wildman–Crippen LogP) is 4.86. The summed E-state index contributed by atoms with van der Waals surface area (Å²) in [7, 11) is 0. The molecule has 0 saturated heterocycles. The first kappa shape index (κ1) is 12.4. The Morgan fingerprint density at radius 3 is 2.47 bits per heavy atom. The smallest absolute Gasteiger partial charge is 0.118 e. The maximum Gasteiger partial charge on any atom is 0.118 e. The average molecular weight is 223 g/mol. The zero-order valence-electron chi connectivity index (χ0n) is 10.0. The minimum Gasteiger partial charge on any atom is -0.241 e. The second-order valence-electron chi connectivity index (χ2n) is 3.84. The molecular weight excluding hydrogens is 202 g/mol. The van der Waals surface area contributed by atoms with E-state index in [1.807, 2.05) is 20.8 Å². The van der Waals surface area contributed by atoms with E-state index in [1.165, 1.54) is 31.4 Å². The van der Waals surface area contributed by atoms with Crippen molar-refractivity contribution in [2.45, 2.75) is 52.4 Å². The minimum atomic E-state index is 0.740. The van der Waals surface area contributed by atoms with Gasteiger partial charge in [-0.15, -0.1) is 11.3 Å². The number of nitrogens with zero attached hydrogens (tertiary/aromatic N) is 1. The zero-order valence-corrected chi connectivity index (χ0v) is 10.9. The Bertz CT molecular complexity index is 308. The van der Waals surface area contributed by atoms with Crippen molar-refractivity contribution in [2.75, 3.05) is 0 Å². The molecule has 1 aromatic rings. The molecule has 84 valence electrons. The standard InChI is InChI=1S/C11H15NS.C2H6/c1-8(2)11-12-10(7-13-11)9-5-3-4-6-9;1-2/h7,9H,1,3-6H2,2H3;1-2H3. The Balaban J connectivity index is 0.000000531. The first-order chi connectivity index (χ1) is 7.27. The van der Waals surface area contributed by atoms with Crippen LogP contribution in [0.4, 0.5) is 0 Å². The Morgan fingerprint density at radius 2 is 2.00 bits per heavy atom. The molecule has 2 rings (SSSR count). The Morgan fingerprint density at radius 1 is 1.40 bits per heavy atom. The molecule has 0 radical (unpaired) electrons. The maximum absolute atomic E-state index is 4.61. The normalized spacial score (nSPS) is 15.9. The fourth-order valence-electron chi connectivity index (χ4n) is 1.89. The third kappa shape index (κ3) is 3.16. The van der Waals surface area contributed by atoms with Gasteiger partial charge in [0.1, 0.15) is 5.01 Å². The van der Waals surface area contributed by atoms with Gasteiger partial charge < -0.3 is 0 Å². The topological polar surface area (TPSA) is 12.9 Å². The summed E-state index contributed by atoms with van der Waals surface area (Å²) in [5.41, 5.74) is 2.40. The van der Waals surface area contributed by atoms with E-state index in [0.717, 1.165) is 16.5 Å². The Kier molecular flexibility index (Phi) is 5.03. The minimum absolute atomic E-state index is 0.740. The van der Waals surface area contributed by atoms with Gasteiger partial charge in [-0.1, -0.05) is 33.3 Å². The van der Waals surface area contributed by atoms with Crippen LogP contribution < -0.4 is 0 Å². The first-order valence-electron chi connectivity index (χ1n) is 5.88. The van der Waals surface area contributed by atoms with Crippen LogP contribution in [0.5, 0.6) is 0 Å². The number of allylic oxidation sites excluding steroid dienone is 1. The van der Waals surface area contributed by atoms with Crippen LogP contribution in [-0.2, 0) is 0 Å². The molecule has 0 N–H and O–H groups in total. The van der Waals surface area contributed by atoms with E-state index < -0.39 is 0 Å². The van der Waals surface area contributed by atoms with E-state index in [-0.39, 0.29) is 0 Å². The molecule has 1 heterocycles. The summed E-state index contributed by atoms with van der Waals surface area (Å²) in [5.74, 6) is 0.740. The van der Waals surface area contributed by atoms with E-state index in [9.17, 15) is 0 Å². The van der Waals surface area contributed by atoms with E-state index in [2.05, 4.69) is 16.9 Å². The van der Waals surface area contributed by atoms with Crippen molar-refractivity contribution in [3.8, 4) is 0 Å². The van der Waals surface area contributed by atoms with Gasteiger partial charge in [-0.2, -0.15) is 0 Å². The van der Waals surface area contributed by atoms with Gasteiger partial charge >= 0.3 is 0 Å². The highest BCUT2D eigenvalue weighted by atomic mass is 32.1. The molecule has 0 atom stereocenters. The summed E-state index contributed by atoms with van der Waals surface area (Å²) in [4.78, 5) is 4.61. The molecule has 2 heteroatoms. The molecule has 1 aromatic heterocycles. The van der Waals surface area contributed by atoms with Crippen LogP contribution in [0.3, 0.4) is 0 Å². The fraction of sp³-hybridized carbons (Fsp3) is 0.615. The zero-order chi connectivity index (χ0) is 11.3. The van der Waals surface area contributed by atoms with Crippen LogP contribution in [0.25, 0.3) is 5.57 Å². The third-order valence-electron chi connectivity index (χ3n) is 2.66. The second kappa shape index (κ2) is 6.06. The maximum atomic E-state index is 4.61. The lowest BCUT2D eigenvalue weighted by molar-refractivity contribution is 0.702. The summed E-state index contributed by atoms with van der Waals surface area (Å²) >= 11 is 1.73. The van der Waals surface area contributed by atoms with Crippen molar-refractivity contribution in [3.63, 3.8) is 0 Å². The molecule has 1 fully saturated rings.